The van der Waals surface area contributed by atoms with Crippen molar-refractivity contribution >= 4 is 31.9 Å². The monoisotopic (exact) mass is 376 g/mol. The molecule has 1 aromatic rings. The lowest BCUT2D eigenvalue weighted by molar-refractivity contribution is 0.00208. The van der Waals surface area contributed by atoms with Crippen molar-refractivity contribution in [3.8, 4) is 0 Å². The fourth-order valence-corrected chi connectivity index (χ4v) is 3.19. The summed E-state index contributed by atoms with van der Waals surface area (Å²) in [6.07, 6.45) is 5.14. The van der Waals surface area contributed by atoms with Gasteiger partial charge in [-0.2, -0.15) is 0 Å². The quantitative estimate of drug-likeness (QED) is 0.831. The van der Waals surface area contributed by atoms with Crippen molar-refractivity contribution in [3.63, 3.8) is 0 Å². The predicted octanol–water partition coefficient (Wildman–Crippen LogP) is 4.59. The average molecular weight is 378 g/mol. The fraction of sp³-hybridized carbons (Fsp3) is 0.571. The summed E-state index contributed by atoms with van der Waals surface area (Å²) in [7, 11) is 0. The third-order valence-electron chi connectivity index (χ3n) is 3.35. The molecule has 0 saturated carbocycles. The molecule has 1 aliphatic rings. The Hall–Kier alpha value is 0.1000. The Morgan fingerprint density at radius 1 is 1.33 bits per heavy atom. The maximum absolute atomic E-state index is 10.3. The molecular weight excluding hydrogens is 360 g/mol. The van der Waals surface area contributed by atoms with Crippen LogP contribution in [0.3, 0.4) is 0 Å². The Morgan fingerprint density at radius 2 is 2.17 bits per heavy atom. The largest absolute Gasteiger partial charge is 0.388 e. The van der Waals surface area contributed by atoms with Gasteiger partial charge in [0.1, 0.15) is 0 Å². The van der Waals surface area contributed by atoms with Crippen LogP contribution in [0.2, 0.25) is 0 Å². The number of rotatable bonds is 4. The van der Waals surface area contributed by atoms with Crippen LogP contribution in [0, 0.1) is 0 Å². The van der Waals surface area contributed by atoms with Gasteiger partial charge < -0.3 is 9.84 Å². The maximum atomic E-state index is 10.3. The summed E-state index contributed by atoms with van der Waals surface area (Å²) in [6.45, 7) is 0.876. The highest BCUT2D eigenvalue weighted by molar-refractivity contribution is 9.11. The molecule has 2 nitrogen and oxygen atoms in total. The van der Waals surface area contributed by atoms with Crippen molar-refractivity contribution in [1.29, 1.82) is 0 Å². The van der Waals surface area contributed by atoms with Crippen LogP contribution in [0.15, 0.2) is 27.1 Å². The zero-order chi connectivity index (χ0) is 13.0. The average Bonchev–Trinajstić information content (AvgIpc) is 2.40. The van der Waals surface area contributed by atoms with Gasteiger partial charge >= 0.3 is 0 Å². The molecule has 1 N–H and O–H groups in total. The van der Waals surface area contributed by atoms with E-state index in [1.165, 1.54) is 12.8 Å². The summed E-state index contributed by atoms with van der Waals surface area (Å²) >= 11 is 6.92. The molecule has 18 heavy (non-hydrogen) atoms. The van der Waals surface area contributed by atoms with Crippen LogP contribution >= 0.6 is 31.9 Å². The normalized spacial score (nSPS) is 21.8. The number of ether oxygens (including phenoxy) is 1. The molecule has 0 spiro atoms. The van der Waals surface area contributed by atoms with Crippen LogP contribution in [0.5, 0.6) is 0 Å². The molecule has 1 saturated heterocycles. The molecule has 1 aromatic carbocycles. The van der Waals surface area contributed by atoms with Crippen molar-refractivity contribution in [2.24, 2.45) is 0 Å². The summed E-state index contributed by atoms with van der Waals surface area (Å²) in [5.74, 6) is 0. The first-order valence-corrected chi connectivity index (χ1v) is 8.00. The zero-order valence-electron chi connectivity index (χ0n) is 10.2. The molecular formula is C14H18Br2O2. The molecule has 0 amide bonds. The minimum absolute atomic E-state index is 0.333. The van der Waals surface area contributed by atoms with Gasteiger partial charge in [-0.3, -0.25) is 0 Å². The Bertz CT molecular complexity index is 389. The summed E-state index contributed by atoms with van der Waals surface area (Å²) in [5.41, 5.74) is 0.945. The lowest BCUT2D eigenvalue weighted by Gasteiger charge is -2.23. The van der Waals surface area contributed by atoms with E-state index in [9.17, 15) is 5.11 Å². The topological polar surface area (TPSA) is 29.5 Å². The summed E-state index contributed by atoms with van der Waals surface area (Å²) in [6, 6.07) is 5.89. The van der Waals surface area contributed by atoms with Gasteiger partial charge in [0.15, 0.2) is 0 Å². The van der Waals surface area contributed by atoms with Crippen LogP contribution in [0.4, 0.5) is 0 Å². The molecule has 0 aliphatic carbocycles. The van der Waals surface area contributed by atoms with Gasteiger partial charge in [0.2, 0.25) is 0 Å². The first kappa shape index (κ1) is 14.5. The van der Waals surface area contributed by atoms with E-state index >= 15 is 0 Å². The van der Waals surface area contributed by atoms with Gasteiger partial charge in [0.25, 0.3) is 0 Å². The third kappa shape index (κ3) is 4.05. The Morgan fingerprint density at radius 3 is 2.89 bits per heavy atom. The van der Waals surface area contributed by atoms with Crippen molar-refractivity contribution < 1.29 is 9.84 Å². The highest BCUT2D eigenvalue weighted by atomic mass is 79.9. The van der Waals surface area contributed by atoms with E-state index in [1.807, 2.05) is 18.2 Å². The number of benzene rings is 1. The third-order valence-corrected chi connectivity index (χ3v) is 4.57. The van der Waals surface area contributed by atoms with Crippen LogP contribution in [0.1, 0.15) is 43.8 Å². The Balaban J connectivity index is 1.90. The van der Waals surface area contributed by atoms with E-state index in [2.05, 4.69) is 31.9 Å². The van der Waals surface area contributed by atoms with Crippen molar-refractivity contribution in [2.45, 2.75) is 44.3 Å². The smallest absolute Gasteiger partial charge is 0.0802 e. The molecule has 1 heterocycles. The van der Waals surface area contributed by atoms with Gasteiger partial charge in [0.05, 0.1) is 12.2 Å². The Labute approximate surface area is 125 Å². The minimum atomic E-state index is -0.428. The van der Waals surface area contributed by atoms with E-state index in [-0.39, 0.29) is 0 Å². The fourth-order valence-electron chi connectivity index (χ4n) is 2.30. The number of hydrogen-bond donors (Lipinski definition) is 1. The highest BCUT2D eigenvalue weighted by Crippen LogP contribution is 2.30. The second-order valence-corrected chi connectivity index (χ2v) is 6.52. The van der Waals surface area contributed by atoms with Gasteiger partial charge in [-0.1, -0.05) is 31.9 Å². The van der Waals surface area contributed by atoms with Crippen molar-refractivity contribution in [1.82, 2.24) is 0 Å². The molecule has 0 radical (unpaired) electrons. The van der Waals surface area contributed by atoms with E-state index < -0.39 is 6.10 Å². The lowest BCUT2D eigenvalue weighted by atomic mass is 9.99. The number of aliphatic hydroxyl groups is 1. The van der Waals surface area contributed by atoms with E-state index in [1.54, 1.807) is 0 Å². The molecule has 2 atom stereocenters. The van der Waals surface area contributed by atoms with Gasteiger partial charge in [-0.15, -0.1) is 0 Å². The number of halogens is 2. The van der Waals surface area contributed by atoms with E-state index in [0.29, 0.717) is 6.10 Å². The molecule has 100 valence electrons. The van der Waals surface area contributed by atoms with E-state index in [0.717, 1.165) is 40.4 Å². The lowest BCUT2D eigenvalue weighted by Crippen LogP contribution is -2.19. The van der Waals surface area contributed by atoms with E-state index in [4.69, 9.17) is 4.74 Å². The van der Waals surface area contributed by atoms with Gasteiger partial charge in [-0.25, -0.2) is 0 Å². The number of aliphatic hydroxyl groups excluding tert-OH is 1. The molecule has 0 bridgehead atoms. The van der Waals surface area contributed by atoms with Crippen LogP contribution in [-0.2, 0) is 4.74 Å². The molecule has 0 aromatic heterocycles. The predicted molar refractivity (Wildman–Crippen MR) is 79.6 cm³/mol. The van der Waals surface area contributed by atoms with Gasteiger partial charge in [0, 0.05) is 15.6 Å². The molecule has 1 aliphatic heterocycles. The zero-order valence-corrected chi connectivity index (χ0v) is 13.4. The summed E-state index contributed by atoms with van der Waals surface area (Å²) < 4.78 is 7.64. The minimum Gasteiger partial charge on any atom is -0.388 e. The standard InChI is InChI=1S/C14H18Br2O2/c15-10-4-6-13(16)12(9-10)14(17)7-5-11-3-1-2-8-18-11/h4,6,9,11,14,17H,1-3,5,7-8H2. The van der Waals surface area contributed by atoms with Crippen molar-refractivity contribution in [2.75, 3.05) is 6.61 Å². The molecule has 2 unspecified atom stereocenters. The first-order chi connectivity index (χ1) is 8.66. The van der Waals surface area contributed by atoms with Crippen molar-refractivity contribution in [3.05, 3.63) is 32.7 Å². The van der Waals surface area contributed by atoms with Gasteiger partial charge in [-0.05, 0) is 55.9 Å². The van der Waals surface area contributed by atoms with Crippen LogP contribution in [0.25, 0.3) is 0 Å². The van der Waals surface area contributed by atoms with Crippen LogP contribution in [-0.4, -0.2) is 17.8 Å². The summed E-state index contributed by atoms with van der Waals surface area (Å²) in [5, 5.41) is 10.3. The molecule has 1 fully saturated rings. The van der Waals surface area contributed by atoms with Crippen LogP contribution < -0.4 is 0 Å². The maximum Gasteiger partial charge on any atom is 0.0802 e. The molecule has 4 heteroatoms. The second kappa shape index (κ2) is 7.04. The molecule has 2 rings (SSSR count). The number of hydrogen-bond acceptors (Lipinski definition) is 2. The SMILES string of the molecule is OC(CCC1CCCCO1)c1cc(Br)ccc1Br. The Kier molecular flexibility index (Phi) is 5.67. The first-order valence-electron chi connectivity index (χ1n) is 6.41. The summed E-state index contributed by atoms with van der Waals surface area (Å²) in [4.78, 5) is 0. The highest BCUT2D eigenvalue weighted by Gasteiger charge is 2.17. The second-order valence-electron chi connectivity index (χ2n) is 4.75.